The molecule has 0 radical (unpaired) electrons. The fourth-order valence-corrected chi connectivity index (χ4v) is 4.84. The third kappa shape index (κ3) is 5.64. The van der Waals surface area contributed by atoms with Crippen LogP contribution in [0.5, 0.6) is 5.75 Å². The molecule has 2 N–H and O–H groups in total. The summed E-state index contributed by atoms with van der Waals surface area (Å²) in [5, 5.41) is 6.10. The number of ether oxygens (including phenoxy) is 2. The second-order valence-corrected chi connectivity index (χ2v) is 9.84. The largest absolute Gasteiger partial charge is 0.494 e. The van der Waals surface area contributed by atoms with Gasteiger partial charge in [-0.25, -0.2) is 14.7 Å². The molecule has 0 saturated carbocycles. The molecule has 0 unspecified atom stereocenters. The van der Waals surface area contributed by atoms with Crippen molar-refractivity contribution in [3.05, 3.63) is 54.2 Å². The first-order valence-corrected chi connectivity index (χ1v) is 13.6. The third-order valence-corrected chi connectivity index (χ3v) is 7.16. The van der Waals surface area contributed by atoms with Crippen LogP contribution in [0.3, 0.4) is 0 Å². The number of hydrogen-bond donors (Lipinski definition) is 2. The van der Waals surface area contributed by atoms with Crippen molar-refractivity contribution in [3.63, 3.8) is 0 Å². The normalized spacial score (nSPS) is 17.2. The van der Waals surface area contributed by atoms with E-state index in [9.17, 15) is 9.59 Å². The molecule has 3 aromatic rings. The molecule has 0 bridgehead atoms. The number of anilines is 6. The van der Waals surface area contributed by atoms with Crippen molar-refractivity contribution in [2.75, 3.05) is 60.8 Å². The van der Waals surface area contributed by atoms with Crippen LogP contribution in [0.1, 0.15) is 38.4 Å². The van der Waals surface area contributed by atoms with Gasteiger partial charge in [0.2, 0.25) is 11.9 Å². The van der Waals surface area contributed by atoms with Crippen LogP contribution in [0.2, 0.25) is 0 Å². The molecule has 40 heavy (non-hydrogen) atoms. The Kier molecular flexibility index (Phi) is 8.01. The van der Waals surface area contributed by atoms with E-state index in [1.54, 1.807) is 44.5 Å². The van der Waals surface area contributed by atoms with Gasteiger partial charge in [-0.2, -0.15) is 4.98 Å². The minimum atomic E-state index is -0.544. The van der Waals surface area contributed by atoms with Gasteiger partial charge in [0.15, 0.2) is 5.82 Å². The topological polar surface area (TPSA) is 112 Å². The molecule has 2 aliphatic rings. The number of amides is 2. The first-order chi connectivity index (χ1) is 19.4. The molecule has 1 aromatic heterocycles. The number of rotatable bonds is 8. The molecule has 3 heterocycles. The maximum atomic E-state index is 13.2. The number of aromatic nitrogens is 2. The van der Waals surface area contributed by atoms with Crippen LogP contribution in [-0.2, 0) is 9.53 Å². The summed E-state index contributed by atoms with van der Waals surface area (Å²) in [7, 11) is 3.77. The molecule has 11 heteroatoms. The van der Waals surface area contributed by atoms with E-state index >= 15 is 0 Å². The quantitative estimate of drug-likeness (QED) is 0.401. The Labute approximate surface area is 234 Å². The Balaban J connectivity index is 1.46. The predicted octanol–water partition coefficient (Wildman–Crippen LogP) is 5.07. The average molecular weight is 546 g/mol. The number of methoxy groups -OCH3 is 1. The highest BCUT2D eigenvalue weighted by molar-refractivity contribution is 5.99. The van der Waals surface area contributed by atoms with E-state index in [-0.39, 0.29) is 5.91 Å². The van der Waals surface area contributed by atoms with Gasteiger partial charge < -0.3 is 29.9 Å². The van der Waals surface area contributed by atoms with Gasteiger partial charge in [-0.15, -0.1) is 0 Å². The predicted molar refractivity (Wildman–Crippen MR) is 155 cm³/mol. The molecule has 210 valence electrons. The van der Waals surface area contributed by atoms with Gasteiger partial charge in [0, 0.05) is 56.2 Å². The highest BCUT2D eigenvalue weighted by atomic mass is 16.6. The summed E-state index contributed by atoms with van der Waals surface area (Å²) in [6.45, 7) is 7.65. The fraction of sp³-hybridized carbons (Fsp3) is 0.379. The number of carbonyl (C=O) groups is 2. The molecule has 11 nitrogen and oxygen atoms in total. The van der Waals surface area contributed by atoms with E-state index in [0.29, 0.717) is 53.0 Å². The van der Waals surface area contributed by atoms with Gasteiger partial charge in [0.05, 0.1) is 24.0 Å². The van der Waals surface area contributed by atoms with Gasteiger partial charge >= 0.3 is 6.09 Å². The zero-order valence-electron chi connectivity index (χ0n) is 23.3. The Morgan fingerprint density at radius 3 is 2.62 bits per heavy atom. The maximum absolute atomic E-state index is 13.2. The number of nitrogens with zero attached hydrogens (tertiary/aromatic N) is 5. The van der Waals surface area contributed by atoms with Crippen LogP contribution in [0, 0.1) is 0 Å². The molecular formula is C29H35N7O4. The first-order valence-electron chi connectivity index (χ1n) is 13.6. The van der Waals surface area contributed by atoms with Gasteiger partial charge in [0.25, 0.3) is 0 Å². The molecule has 1 fully saturated rings. The average Bonchev–Trinajstić information content (AvgIpc) is 2.97. The summed E-state index contributed by atoms with van der Waals surface area (Å²) in [6, 6.07) is 13.1. The zero-order chi connectivity index (χ0) is 28.2. The molecule has 2 aromatic carbocycles. The van der Waals surface area contributed by atoms with E-state index in [1.165, 1.54) is 4.90 Å². The number of piperazine rings is 1. The molecule has 1 atom stereocenters. The van der Waals surface area contributed by atoms with Gasteiger partial charge in [-0.05, 0) is 43.8 Å². The lowest BCUT2D eigenvalue weighted by atomic mass is 10.1. The second-order valence-electron chi connectivity index (χ2n) is 9.84. The number of carbonyl (C=O) groups excluding carboxylic acids is 2. The summed E-state index contributed by atoms with van der Waals surface area (Å²) < 4.78 is 11.4. The van der Waals surface area contributed by atoms with E-state index < -0.39 is 12.2 Å². The van der Waals surface area contributed by atoms with Crippen molar-refractivity contribution in [2.45, 2.75) is 32.8 Å². The number of hydrogen-bond acceptors (Lipinski definition) is 9. The molecular weight excluding hydrogens is 510 g/mol. The van der Waals surface area contributed by atoms with Crippen LogP contribution in [-0.4, -0.2) is 67.2 Å². The Hall–Kier alpha value is -4.38. The SMILES string of the molecule is CCC(=O)Nc1cccc(N2C(=O)O[C@@H](CC)c3cnc(Nc4ccc(N5CCN(C)CC5)cc4OC)nc32)c1. The number of benzene rings is 2. The van der Waals surface area contributed by atoms with Crippen LogP contribution in [0.15, 0.2) is 48.7 Å². The lowest BCUT2D eigenvalue weighted by Crippen LogP contribution is -2.44. The zero-order valence-corrected chi connectivity index (χ0v) is 23.3. The summed E-state index contributed by atoms with van der Waals surface area (Å²) >= 11 is 0. The maximum Gasteiger partial charge on any atom is 0.420 e. The van der Waals surface area contributed by atoms with Crippen molar-refractivity contribution in [3.8, 4) is 5.75 Å². The van der Waals surface area contributed by atoms with Crippen molar-refractivity contribution >= 4 is 46.5 Å². The van der Waals surface area contributed by atoms with E-state index in [4.69, 9.17) is 14.5 Å². The Bertz CT molecular complexity index is 1390. The number of likely N-dealkylation sites (N-methyl/N-ethyl adjacent to an activating group) is 1. The molecule has 5 rings (SSSR count). The van der Waals surface area contributed by atoms with E-state index in [1.807, 2.05) is 19.1 Å². The van der Waals surface area contributed by atoms with Gasteiger partial charge in [0.1, 0.15) is 11.9 Å². The van der Waals surface area contributed by atoms with Crippen LogP contribution < -0.4 is 25.2 Å². The fourth-order valence-electron chi connectivity index (χ4n) is 4.84. The van der Waals surface area contributed by atoms with E-state index in [2.05, 4.69) is 38.5 Å². The van der Waals surface area contributed by atoms with Crippen molar-refractivity contribution in [1.82, 2.24) is 14.9 Å². The summed E-state index contributed by atoms with van der Waals surface area (Å²) in [5.41, 5.74) is 3.61. The molecule has 2 amide bonds. The molecule has 2 aliphatic heterocycles. The Morgan fingerprint density at radius 1 is 1.10 bits per heavy atom. The third-order valence-electron chi connectivity index (χ3n) is 7.16. The van der Waals surface area contributed by atoms with Crippen molar-refractivity contribution in [1.29, 1.82) is 0 Å². The van der Waals surface area contributed by atoms with Crippen LogP contribution in [0.25, 0.3) is 0 Å². The minimum Gasteiger partial charge on any atom is -0.494 e. The van der Waals surface area contributed by atoms with Gasteiger partial charge in [-0.1, -0.05) is 19.9 Å². The lowest BCUT2D eigenvalue weighted by Gasteiger charge is -2.34. The molecule has 0 spiro atoms. The van der Waals surface area contributed by atoms with Crippen LogP contribution >= 0.6 is 0 Å². The highest BCUT2D eigenvalue weighted by Gasteiger charge is 2.35. The summed E-state index contributed by atoms with van der Waals surface area (Å²) in [5.74, 6) is 1.29. The smallest absolute Gasteiger partial charge is 0.420 e. The van der Waals surface area contributed by atoms with Crippen molar-refractivity contribution < 1.29 is 19.1 Å². The number of cyclic esters (lactones) is 1. The standard InChI is InChI=1S/C29H35N7O4/c1-5-24-22-18-30-28(32-23-11-10-20(17-25(23)39-4)35-14-12-34(3)13-15-35)33-27(22)36(29(38)40-24)21-9-7-8-19(16-21)31-26(37)6-2/h7-11,16-18,24H,5-6,12-15H2,1-4H3,(H,31,37)(H,30,32,33)/t24-/m0/s1. The van der Waals surface area contributed by atoms with Crippen LogP contribution in [0.4, 0.5) is 39.3 Å². The second kappa shape index (κ2) is 11.8. The number of fused-ring (bicyclic) bond motifs is 1. The summed E-state index contributed by atoms with van der Waals surface area (Å²) in [6.07, 6.45) is 1.60. The van der Waals surface area contributed by atoms with Crippen molar-refractivity contribution in [2.24, 2.45) is 0 Å². The monoisotopic (exact) mass is 545 g/mol. The highest BCUT2D eigenvalue weighted by Crippen LogP contribution is 2.40. The molecule has 1 saturated heterocycles. The lowest BCUT2D eigenvalue weighted by molar-refractivity contribution is -0.115. The summed E-state index contributed by atoms with van der Waals surface area (Å²) in [4.78, 5) is 40.5. The molecule has 0 aliphatic carbocycles. The number of nitrogens with one attached hydrogen (secondary N) is 2. The minimum absolute atomic E-state index is 0.119. The van der Waals surface area contributed by atoms with Gasteiger partial charge in [-0.3, -0.25) is 4.79 Å². The first kappa shape index (κ1) is 27.2. The Morgan fingerprint density at radius 2 is 1.90 bits per heavy atom. The van der Waals surface area contributed by atoms with E-state index in [0.717, 1.165) is 31.9 Å².